The Kier molecular flexibility index (Phi) is 4.34. The number of oxazole rings is 1. The summed E-state index contributed by atoms with van der Waals surface area (Å²) < 4.78 is 6.77. The minimum Gasteiger partial charge on any atom is -0.445 e. The zero-order valence-corrected chi connectivity index (χ0v) is 11.3. The highest BCUT2D eigenvalue weighted by Gasteiger charge is 2.06. The Morgan fingerprint density at radius 2 is 2.18 bits per heavy atom. The van der Waals surface area contributed by atoms with E-state index in [4.69, 9.17) is 4.42 Å². The van der Waals surface area contributed by atoms with Gasteiger partial charge in [-0.2, -0.15) is 0 Å². The monoisotopic (exact) mass is 294 g/mol. The molecule has 1 aromatic carbocycles. The summed E-state index contributed by atoms with van der Waals surface area (Å²) in [5, 5.41) is 3.09. The molecule has 0 saturated heterocycles. The molecule has 0 bridgehead atoms. The molecular weight excluding hydrogens is 280 g/mol. The Bertz CT molecular complexity index is 482. The summed E-state index contributed by atoms with van der Waals surface area (Å²) in [5.74, 6) is 1.70. The average Bonchev–Trinajstić information content (AvgIpc) is 2.77. The highest BCUT2D eigenvalue weighted by molar-refractivity contribution is 9.10. The second kappa shape index (κ2) is 5.98. The van der Waals surface area contributed by atoms with Crippen molar-refractivity contribution in [2.45, 2.75) is 12.8 Å². The van der Waals surface area contributed by atoms with Gasteiger partial charge in [-0.3, -0.25) is 0 Å². The molecule has 0 fully saturated rings. The summed E-state index contributed by atoms with van der Waals surface area (Å²) in [7, 11) is 1.93. The standard InChI is InChI=1S/C13H15BrN2O/c1-15-7-6-11-9-16-13(17-11)8-10-4-2-3-5-12(10)14/h2-5,9,15H,6-8H2,1H3. The predicted octanol–water partition coefficient (Wildman–Crippen LogP) is 2.79. The molecule has 4 heteroatoms. The van der Waals surface area contributed by atoms with Gasteiger partial charge in [0, 0.05) is 17.4 Å². The van der Waals surface area contributed by atoms with E-state index in [1.165, 1.54) is 5.56 Å². The molecular formula is C13H15BrN2O. The summed E-state index contributed by atoms with van der Waals surface area (Å²) in [4.78, 5) is 4.29. The number of nitrogens with one attached hydrogen (secondary N) is 1. The van der Waals surface area contributed by atoms with E-state index in [-0.39, 0.29) is 0 Å². The Labute approximate surface area is 109 Å². The highest BCUT2D eigenvalue weighted by Crippen LogP contribution is 2.19. The quantitative estimate of drug-likeness (QED) is 0.921. The molecule has 2 rings (SSSR count). The van der Waals surface area contributed by atoms with Crippen LogP contribution in [0.2, 0.25) is 0 Å². The van der Waals surface area contributed by atoms with Crippen LogP contribution in [0.5, 0.6) is 0 Å². The van der Waals surface area contributed by atoms with E-state index in [0.29, 0.717) is 0 Å². The number of likely N-dealkylation sites (N-methyl/N-ethyl adjacent to an activating group) is 1. The fraction of sp³-hybridized carbons (Fsp3) is 0.308. The highest BCUT2D eigenvalue weighted by atomic mass is 79.9. The molecule has 90 valence electrons. The summed E-state index contributed by atoms with van der Waals surface area (Å²) >= 11 is 3.52. The molecule has 0 aliphatic carbocycles. The molecule has 3 nitrogen and oxygen atoms in total. The third-order valence-corrected chi connectivity index (χ3v) is 3.30. The van der Waals surface area contributed by atoms with Crippen molar-refractivity contribution in [3.8, 4) is 0 Å². The lowest BCUT2D eigenvalue weighted by molar-refractivity contribution is 0.460. The van der Waals surface area contributed by atoms with Gasteiger partial charge in [0.15, 0.2) is 5.89 Å². The van der Waals surface area contributed by atoms with E-state index in [1.54, 1.807) is 0 Å². The molecule has 1 heterocycles. The van der Waals surface area contributed by atoms with Crippen molar-refractivity contribution in [1.82, 2.24) is 10.3 Å². The summed E-state index contributed by atoms with van der Waals surface area (Å²) in [6.07, 6.45) is 3.41. The Balaban J connectivity index is 2.04. The minimum absolute atomic E-state index is 0.723. The average molecular weight is 295 g/mol. The van der Waals surface area contributed by atoms with Crippen LogP contribution in [0.25, 0.3) is 0 Å². The van der Waals surface area contributed by atoms with Crippen molar-refractivity contribution in [2.24, 2.45) is 0 Å². The maximum atomic E-state index is 5.67. The van der Waals surface area contributed by atoms with Crippen LogP contribution >= 0.6 is 15.9 Å². The first-order valence-electron chi connectivity index (χ1n) is 5.61. The lowest BCUT2D eigenvalue weighted by atomic mass is 10.1. The van der Waals surface area contributed by atoms with Crippen LogP contribution in [0.4, 0.5) is 0 Å². The van der Waals surface area contributed by atoms with E-state index < -0.39 is 0 Å². The number of hydrogen-bond acceptors (Lipinski definition) is 3. The fourth-order valence-corrected chi connectivity index (χ4v) is 2.02. The van der Waals surface area contributed by atoms with Gasteiger partial charge >= 0.3 is 0 Å². The predicted molar refractivity (Wildman–Crippen MR) is 71.1 cm³/mol. The number of hydrogen-bond donors (Lipinski definition) is 1. The molecule has 0 radical (unpaired) electrons. The van der Waals surface area contributed by atoms with Crippen molar-refractivity contribution in [3.63, 3.8) is 0 Å². The molecule has 0 spiro atoms. The summed E-state index contributed by atoms with van der Waals surface area (Å²) in [6.45, 7) is 0.906. The Morgan fingerprint density at radius 1 is 1.35 bits per heavy atom. The first kappa shape index (κ1) is 12.3. The van der Waals surface area contributed by atoms with E-state index in [1.807, 2.05) is 31.4 Å². The van der Waals surface area contributed by atoms with E-state index >= 15 is 0 Å². The van der Waals surface area contributed by atoms with Crippen LogP contribution in [0.1, 0.15) is 17.2 Å². The maximum Gasteiger partial charge on any atom is 0.198 e. The van der Waals surface area contributed by atoms with E-state index in [9.17, 15) is 0 Å². The summed E-state index contributed by atoms with van der Waals surface area (Å²) in [5.41, 5.74) is 1.19. The summed E-state index contributed by atoms with van der Waals surface area (Å²) in [6, 6.07) is 8.12. The molecule has 0 amide bonds. The van der Waals surface area contributed by atoms with Gasteiger partial charge < -0.3 is 9.73 Å². The molecule has 0 unspecified atom stereocenters. The third-order valence-electron chi connectivity index (χ3n) is 2.52. The maximum absolute atomic E-state index is 5.67. The number of nitrogens with zero attached hydrogens (tertiary/aromatic N) is 1. The largest absolute Gasteiger partial charge is 0.445 e. The van der Waals surface area contributed by atoms with Gasteiger partial charge in [0.2, 0.25) is 0 Å². The smallest absolute Gasteiger partial charge is 0.198 e. The number of rotatable bonds is 5. The molecule has 0 atom stereocenters. The molecule has 0 aliphatic heterocycles. The van der Waals surface area contributed by atoms with Crippen LogP contribution in [0, 0.1) is 0 Å². The van der Waals surface area contributed by atoms with Gasteiger partial charge in [0.05, 0.1) is 12.6 Å². The van der Waals surface area contributed by atoms with Crippen LogP contribution in [-0.4, -0.2) is 18.6 Å². The Hall–Kier alpha value is -1.13. The molecule has 0 aliphatic rings. The van der Waals surface area contributed by atoms with Crippen molar-refractivity contribution < 1.29 is 4.42 Å². The van der Waals surface area contributed by atoms with Gasteiger partial charge in [-0.05, 0) is 18.7 Å². The van der Waals surface area contributed by atoms with Gasteiger partial charge in [-0.1, -0.05) is 34.1 Å². The fourth-order valence-electron chi connectivity index (χ4n) is 1.60. The lowest BCUT2D eigenvalue weighted by Crippen LogP contribution is -2.09. The zero-order valence-electron chi connectivity index (χ0n) is 9.74. The molecule has 1 aromatic heterocycles. The topological polar surface area (TPSA) is 38.1 Å². The van der Waals surface area contributed by atoms with Crippen LogP contribution in [-0.2, 0) is 12.8 Å². The van der Waals surface area contributed by atoms with Gasteiger partial charge in [0.25, 0.3) is 0 Å². The van der Waals surface area contributed by atoms with Crippen molar-refractivity contribution >= 4 is 15.9 Å². The minimum atomic E-state index is 0.723. The number of benzene rings is 1. The first-order valence-corrected chi connectivity index (χ1v) is 6.40. The molecule has 0 saturated carbocycles. The van der Waals surface area contributed by atoms with Crippen LogP contribution in [0.3, 0.4) is 0 Å². The molecule has 17 heavy (non-hydrogen) atoms. The normalized spacial score (nSPS) is 10.7. The van der Waals surface area contributed by atoms with Crippen LogP contribution < -0.4 is 5.32 Å². The molecule has 1 N–H and O–H groups in total. The second-order valence-corrected chi connectivity index (χ2v) is 4.70. The van der Waals surface area contributed by atoms with Crippen molar-refractivity contribution in [1.29, 1.82) is 0 Å². The van der Waals surface area contributed by atoms with Gasteiger partial charge in [-0.25, -0.2) is 4.98 Å². The van der Waals surface area contributed by atoms with Crippen molar-refractivity contribution in [3.05, 3.63) is 52.1 Å². The van der Waals surface area contributed by atoms with E-state index in [0.717, 1.165) is 35.5 Å². The first-order chi connectivity index (χ1) is 8.29. The van der Waals surface area contributed by atoms with E-state index in [2.05, 4.69) is 32.3 Å². The Morgan fingerprint density at radius 3 is 2.94 bits per heavy atom. The second-order valence-electron chi connectivity index (χ2n) is 3.84. The third kappa shape index (κ3) is 3.41. The lowest BCUT2D eigenvalue weighted by Gasteiger charge is -2.00. The van der Waals surface area contributed by atoms with Crippen molar-refractivity contribution in [2.75, 3.05) is 13.6 Å². The number of aromatic nitrogens is 1. The van der Waals surface area contributed by atoms with Gasteiger partial charge in [0.1, 0.15) is 5.76 Å². The SMILES string of the molecule is CNCCc1cnc(Cc2ccccc2Br)o1. The zero-order chi connectivity index (χ0) is 12.1. The molecule has 2 aromatic rings. The van der Waals surface area contributed by atoms with Crippen LogP contribution in [0.15, 0.2) is 39.4 Å². The number of halogens is 1. The van der Waals surface area contributed by atoms with Gasteiger partial charge in [-0.15, -0.1) is 0 Å².